The number of nitrogens with zero attached hydrogens (tertiary/aromatic N) is 1. The Labute approximate surface area is 118 Å². The summed E-state index contributed by atoms with van der Waals surface area (Å²) in [4.78, 5) is 36.9. The van der Waals surface area contributed by atoms with Crippen molar-refractivity contribution in [3.8, 4) is 0 Å². The van der Waals surface area contributed by atoms with E-state index in [0.717, 1.165) is 10.5 Å². The zero-order valence-electron chi connectivity index (χ0n) is 11.6. The molecule has 1 unspecified atom stereocenters. The lowest BCUT2D eigenvalue weighted by Gasteiger charge is -2.31. The topological polar surface area (TPSA) is 66.5 Å². The van der Waals surface area contributed by atoms with Gasteiger partial charge >= 0.3 is 6.03 Å². The zero-order chi connectivity index (χ0) is 14.7. The molecular weight excluding hydrogens is 256 g/mol. The Morgan fingerprint density at radius 3 is 2.40 bits per heavy atom. The molecule has 5 nitrogen and oxygen atoms in total. The number of carbonyl (C=O) groups is 3. The van der Waals surface area contributed by atoms with E-state index >= 15 is 0 Å². The van der Waals surface area contributed by atoms with Gasteiger partial charge in [-0.15, -0.1) is 0 Å². The Morgan fingerprint density at radius 2 is 1.80 bits per heavy atom. The molecule has 1 atom stereocenters. The van der Waals surface area contributed by atoms with E-state index in [1.54, 1.807) is 13.8 Å². The van der Waals surface area contributed by atoms with E-state index in [9.17, 15) is 14.4 Å². The van der Waals surface area contributed by atoms with Gasteiger partial charge in [0.1, 0.15) is 5.92 Å². The molecule has 0 bridgehead atoms. The van der Waals surface area contributed by atoms with Crippen LogP contribution in [0.4, 0.5) is 4.79 Å². The van der Waals surface area contributed by atoms with Crippen LogP contribution in [0.25, 0.3) is 0 Å². The lowest BCUT2D eigenvalue weighted by Crippen LogP contribution is -2.59. The molecule has 106 valence electrons. The molecule has 0 aliphatic carbocycles. The van der Waals surface area contributed by atoms with Crippen molar-refractivity contribution in [2.24, 2.45) is 11.8 Å². The predicted molar refractivity (Wildman–Crippen MR) is 73.7 cm³/mol. The number of imide groups is 2. The van der Waals surface area contributed by atoms with Crippen molar-refractivity contribution in [1.82, 2.24) is 10.2 Å². The lowest BCUT2D eigenvalue weighted by molar-refractivity contribution is -0.144. The van der Waals surface area contributed by atoms with Gasteiger partial charge in [0.15, 0.2) is 0 Å². The predicted octanol–water partition coefficient (Wildman–Crippen LogP) is 1.58. The van der Waals surface area contributed by atoms with E-state index in [2.05, 4.69) is 5.32 Å². The Balaban J connectivity index is 2.08. The highest BCUT2D eigenvalue weighted by Gasteiger charge is 2.41. The van der Waals surface area contributed by atoms with Crippen molar-refractivity contribution in [3.05, 3.63) is 35.9 Å². The van der Waals surface area contributed by atoms with Gasteiger partial charge in [0.25, 0.3) is 0 Å². The van der Waals surface area contributed by atoms with E-state index in [1.165, 1.54) is 0 Å². The number of benzene rings is 1. The van der Waals surface area contributed by atoms with Gasteiger partial charge in [-0.1, -0.05) is 44.2 Å². The summed E-state index contributed by atoms with van der Waals surface area (Å²) in [5, 5.41) is 2.25. The van der Waals surface area contributed by atoms with Crippen molar-refractivity contribution in [3.63, 3.8) is 0 Å². The molecule has 4 amide bonds. The molecule has 1 fully saturated rings. The Bertz CT molecular complexity index is 525. The van der Waals surface area contributed by atoms with E-state index in [-0.39, 0.29) is 12.5 Å². The molecule has 1 heterocycles. The fourth-order valence-corrected chi connectivity index (χ4v) is 2.32. The monoisotopic (exact) mass is 274 g/mol. The Hall–Kier alpha value is -2.17. The number of amides is 4. The van der Waals surface area contributed by atoms with Gasteiger partial charge in [-0.05, 0) is 17.9 Å². The number of nitrogens with one attached hydrogen (secondary N) is 1. The van der Waals surface area contributed by atoms with Crippen LogP contribution in [-0.4, -0.2) is 29.3 Å². The third kappa shape index (κ3) is 2.87. The maximum Gasteiger partial charge on any atom is 0.330 e. The van der Waals surface area contributed by atoms with Gasteiger partial charge in [0, 0.05) is 6.54 Å². The van der Waals surface area contributed by atoms with Crippen LogP contribution < -0.4 is 5.32 Å². The average Bonchev–Trinajstić information content (AvgIpc) is 2.38. The molecule has 0 saturated carbocycles. The molecule has 0 aromatic heterocycles. The van der Waals surface area contributed by atoms with Gasteiger partial charge in [-0.25, -0.2) is 4.79 Å². The summed E-state index contributed by atoms with van der Waals surface area (Å²) < 4.78 is 0. The first-order chi connectivity index (χ1) is 9.50. The largest absolute Gasteiger partial charge is 0.330 e. The van der Waals surface area contributed by atoms with Crippen molar-refractivity contribution >= 4 is 17.8 Å². The van der Waals surface area contributed by atoms with Crippen LogP contribution in [0.1, 0.15) is 19.4 Å². The SMILES string of the molecule is CC(C)C1C(=O)NC(=O)N(CCc2ccccc2)C1=O. The van der Waals surface area contributed by atoms with Gasteiger partial charge in [0.05, 0.1) is 0 Å². The number of rotatable bonds is 4. The number of carbonyl (C=O) groups excluding carboxylic acids is 3. The van der Waals surface area contributed by atoms with E-state index in [0.29, 0.717) is 6.42 Å². The highest BCUT2D eigenvalue weighted by molar-refractivity contribution is 6.16. The van der Waals surface area contributed by atoms with Crippen LogP contribution in [0, 0.1) is 11.8 Å². The Morgan fingerprint density at radius 1 is 1.15 bits per heavy atom. The quantitative estimate of drug-likeness (QED) is 0.848. The second-order valence-electron chi connectivity index (χ2n) is 5.24. The van der Waals surface area contributed by atoms with Crippen LogP contribution in [0.2, 0.25) is 0 Å². The molecule has 1 aliphatic rings. The van der Waals surface area contributed by atoms with Crippen LogP contribution in [0.3, 0.4) is 0 Å². The van der Waals surface area contributed by atoms with Gasteiger partial charge in [0.2, 0.25) is 11.8 Å². The summed E-state index contributed by atoms with van der Waals surface area (Å²) in [6, 6.07) is 9.00. The minimum Gasteiger partial charge on any atom is -0.277 e. The molecule has 0 radical (unpaired) electrons. The van der Waals surface area contributed by atoms with E-state index in [4.69, 9.17) is 0 Å². The molecule has 20 heavy (non-hydrogen) atoms. The third-order valence-electron chi connectivity index (χ3n) is 3.42. The molecule has 1 aromatic rings. The number of hydrogen-bond donors (Lipinski definition) is 1. The summed E-state index contributed by atoms with van der Waals surface area (Å²) in [5.74, 6) is -1.80. The fourth-order valence-electron chi connectivity index (χ4n) is 2.32. The molecule has 5 heteroatoms. The zero-order valence-corrected chi connectivity index (χ0v) is 11.6. The normalized spacial score (nSPS) is 19.4. The van der Waals surface area contributed by atoms with Crippen molar-refractivity contribution in [1.29, 1.82) is 0 Å². The average molecular weight is 274 g/mol. The first kappa shape index (κ1) is 14.2. The smallest absolute Gasteiger partial charge is 0.277 e. The van der Waals surface area contributed by atoms with Crippen molar-refractivity contribution in [2.75, 3.05) is 6.54 Å². The van der Waals surface area contributed by atoms with Gasteiger partial charge < -0.3 is 0 Å². The van der Waals surface area contributed by atoms with Crippen molar-refractivity contribution in [2.45, 2.75) is 20.3 Å². The van der Waals surface area contributed by atoms with Crippen LogP contribution in [0.15, 0.2) is 30.3 Å². The van der Waals surface area contributed by atoms with E-state index in [1.807, 2.05) is 30.3 Å². The third-order valence-corrected chi connectivity index (χ3v) is 3.42. The van der Waals surface area contributed by atoms with Gasteiger partial charge in [-0.3, -0.25) is 19.8 Å². The second kappa shape index (κ2) is 5.86. The first-order valence-corrected chi connectivity index (χ1v) is 6.71. The molecule has 1 N–H and O–H groups in total. The molecule has 1 aromatic carbocycles. The summed E-state index contributed by atoms with van der Waals surface area (Å²) >= 11 is 0. The summed E-state index contributed by atoms with van der Waals surface area (Å²) in [7, 11) is 0. The maximum atomic E-state index is 12.3. The number of urea groups is 1. The standard InChI is InChI=1S/C15H18N2O3/c1-10(2)12-13(18)16-15(20)17(14(12)19)9-8-11-6-4-3-5-7-11/h3-7,10,12H,8-9H2,1-2H3,(H,16,18,20). The fraction of sp³-hybridized carbons (Fsp3) is 0.400. The number of barbiturate groups is 1. The first-order valence-electron chi connectivity index (χ1n) is 6.71. The molecule has 1 saturated heterocycles. The molecular formula is C15H18N2O3. The highest BCUT2D eigenvalue weighted by atomic mass is 16.2. The van der Waals surface area contributed by atoms with Crippen LogP contribution in [0.5, 0.6) is 0 Å². The summed E-state index contributed by atoms with van der Waals surface area (Å²) in [6.07, 6.45) is 0.582. The minimum atomic E-state index is -0.775. The molecule has 0 spiro atoms. The summed E-state index contributed by atoms with van der Waals surface area (Å²) in [6.45, 7) is 3.88. The minimum absolute atomic E-state index is 0.130. The highest BCUT2D eigenvalue weighted by Crippen LogP contribution is 2.19. The Kier molecular flexibility index (Phi) is 4.17. The number of hydrogen-bond acceptors (Lipinski definition) is 3. The molecule has 2 rings (SSSR count). The van der Waals surface area contributed by atoms with Crippen molar-refractivity contribution < 1.29 is 14.4 Å². The van der Waals surface area contributed by atoms with E-state index < -0.39 is 23.8 Å². The molecule has 1 aliphatic heterocycles. The second-order valence-corrected chi connectivity index (χ2v) is 5.24. The maximum absolute atomic E-state index is 12.3. The lowest BCUT2D eigenvalue weighted by atomic mass is 9.92. The van der Waals surface area contributed by atoms with Crippen LogP contribution >= 0.6 is 0 Å². The summed E-state index contributed by atoms with van der Waals surface area (Å²) in [5.41, 5.74) is 1.05. The van der Waals surface area contributed by atoms with Crippen LogP contribution in [-0.2, 0) is 16.0 Å². The van der Waals surface area contributed by atoms with Gasteiger partial charge in [-0.2, -0.15) is 0 Å².